The Morgan fingerprint density at radius 2 is 2.50 bits per heavy atom. The standard InChI is InChI=1S/C11H13N5OS/c17-11(13-6-9-2-1-3-18-9)10-7-16(15-14-10)8-4-12-5-8/h1-3,7-8,12H,4-6H2,(H,13,17). The number of hydrogen-bond acceptors (Lipinski definition) is 5. The molecule has 0 bridgehead atoms. The molecule has 1 aliphatic rings. The SMILES string of the molecule is O=C(NCc1cccs1)c1cn(C2CNC2)nn1. The second-order valence-electron chi connectivity index (χ2n) is 4.16. The number of aromatic nitrogens is 3. The van der Waals surface area contributed by atoms with Gasteiger partial charge < -0.3 is 10.6 Å². The smallest absolute Gasteiger partial charge is 0.273 e. The number of amides is 1. The molecule has 0 saturated carbocycles. The highest BCUT2D eigenvalue weighted by Gasteiger charge is 2.21. The average molecular weight is 263 g/mol. The summed E-state index contributed by atoms with van der Waals surface area (Å²) in [6.07, 6.45) is 1.70. The van der Waals surface area contributed by atoms with E-state index in [-0.39, 0.29) is 5.91 Å². The summed E-state index contributed by atoms with van der Waals surface area (Å²) in [5.41, 5.74) is 0.374. The Morgan fingerprint density at radius 1 is 1.61 bits per heavy atom. The molecule has 94 valence electrons. The molecular formula is C11H13N5OS. The lowest BCUT2D eigenvalue weighted by atomic mass is 10.2. The van der Waals surface area contributed by atoms with Gasteiger partial charge in [-0.3, -0.25) is 4.79 Å². The summed E-state index contributed by atoms with van der Waals surface area (Å²) in [5, 5.41) is 15.8. The van der Waals surface area contributed by atoms with Gasteiger partial charge in [0, 0.05) is 18.0 Å². The molecule has 0 radical (unpaired) electrons. The molecule has 1 fully saturated rings. The summed E-state index contributed by atoms with van der Waals surface area (Å²) in [7, 11) is 0. The number of nitrogens with one attached hydrogen (secondary N) is 2. The third-order valence-corrected chi connectivity index (χ3v) is 3.76. The number of carbonyl (C=O) groups is 1. The van der Waals surface area contributed by atoms with Crippen LogP contribution in [0.4, 0.5) is 0 Å². The van der Waals surface area contributed by atoms with E-state index in [0.29, 0.717) is 18.3 Å². The Balaban J connectivity index is 1.59. The van der Waals surface area contributed by atoms with Gasteiger partial charge in [-0.25, -0.2) is 4.68 Å². The molecule has 1 aliphatic heterocycles. The van der Waals surface area contributed by atoms with Gasteiger partial charge in [-0.15, -0.1) is 16.4 Å². The van der Waals surface area contributed by atoms with Gasteiger partial charge in [0.2, 0.25) is 0 Å². The first kappa shape index (κ1) is 11.4. The quantitative estimate of drug-likeness (QED) is 0.838. The lowest BCUT2D eigenvalue weighted by Gasteiger charge is -2.26. The minimum absolute atomic E-state index is 0.179. The maximum absolute atomic E-state index is 11.8. The maximum Gasteiger partial charge on any atom is 0.273 e. The molecule has 6 nitrogen and oxygen atoms in total. The van der Waals surface area contributed by atoms with Crippen LogP contribution < -0.4 is 10.6 Å². The van der Waals surface area contributed by atoms with E-state index in [1.165, 1.54) is 0 Å². The van der Waals surface area contributed by atoms with Gasteiger partial charge in [0.25, 0.3) is 5.91 Å². The second-order valence-corrected chi connectivity index (χ2v) is 5.19. The maximum atomic E-state index is 11.8. The highest BCUT2D eigenvalue weighted by Crippen LogP contribution is 2.10. The molecule has 2 aromatic heterocycles. The molecule has 3 rings (SSSR count). The second kappa shape index (κ2) is 4.87. The molecule has 2 aromatic rings. The predicted octanol–water partition coefficient (Wildman–Crippen LogP) is 0.414. The van der Waals surface area contributed by atoms with Crippen LogP contribution in [0.2, 0.25) is 0 Å². The number of rotatable bonds is 4. The van der Waals surface area contributed by atoms with Gasteiger partial charge in [0.1, 0.15) is 0 Å². The van der Waals surface area contributed by atoms with Crippen molar-refractivity contribution >= 4 is 17.2 Å². The minimum Gasteiger partial charge on any atom is -0.346 e. The highest BCUT2D eigenvalue weighted by molar-refractivity contribution is 7.09. The zero-order chi connectivity index (χ0) is 12.4. The van der Waals surface area contributed by atoms with E-state index in [4.69, 9.17) is 0 Å². The van der Waals surface area contributed by atoms with Gasteiger partial charge in [-0.1, -0.05) is 11.3 Å². The minimum atomic E-state index is -0.179. The van der Waals surface area contributed by atoms with Crippen LogP contribution in [-0.2, 0) is 6.54 Å². The van der Waals surface area contributed by atoms with Gasteiger partial charge in [-0.05, 0) is 11.4 Å². The molecule has 0 aromatic carbocycles. The van der Waals surface area contributed by atoms with Crippen molar-refractivity contribution in [3.63, 3.8) is 0 Å². The molecule has 2 N–H and O–H groups in total. The van der Waals surface area contributed by atoms with E-state index in [2.05, 4.69) is 20.9 Å². The molecule has 0 spiro atoms. The first-order valence-corrected chi connectivity index (χ1v) is 6.64. The van der Waals surface area contributed by atoms with Gasteiger partial charge in [0.15, 0.2) is 5.69 Å². The monoisotopic (exact) mass is 263 g/mol. The molecule has 0 atom stereocenters. The summed E-state index contributed by atoms with van der Waals surface area (Å²) in [6.45, 7) is 2.31. The van der Waals surface area contributed by atoms with Crippen LogP contribution in [0.5, 0.6) is 0 Å². The van der Waals surface area contributed by atoms with Crippen molar-refractivity contribution in [2.24, 2.45) is 0 Å². The highest BCUT2D eigenvalue weighted by atomic mass is 32.1. The van der Waals surface area contributed by atoms with E-state index < -0.39 is 0 Å². The van der Waals surface area contributed by atoms with Crippen molar-refractivity contribution in [1.29, 1.82) is 0 Å². The van der Waals surface area contributed by atoms with Crippen LogP contribution in [0.15, 0.2) is 23.7 Å². The fourth-order valence-electron chi connectivity index (χ4n) is 1.69. The van der Waals surface area contributed by atoms with Crippen molar-refractivity contribution in [1.82, 2.24) is 25.6 Å². The lowest BCUT2D eigenvalue weighted by Crippen LogP contribution is -2.43. The zero-order valence-electron chi connectivity index (χ0n) is 9.67. The Kier molecular flexibility index (Phi) is 3.07. The summed E-state index contributed by atoms with van der Waals surface area (Å²) < 4.78 is 1.75. The van der Waals surface area contributed by atoms with E-state index in [1.54, 1.807) is 22.2 Å². The van der Waals surface area contributed by atoms with E-state index in [1.807, 2.05) is 17.5 Å². The van der Waals surface area contributed by atoms with Crippen LogP contribution in [0, 0.1) is 0 Å². The van der Waals surface area contributed by atoms with Gasteiger partial charge in [0.05, 0.1) is 18.8 Å². The topological polar surface area (TPSA) is 71.8 Å². The molecule has 0 unspecified atom stereocenters. The summed E-state index contributed by atoms with van der Waals surface area (Å²) in [4.78, 5) is 13.0. The number of carbonyl (C=O) groups excluding carboxylic acids is 1. The molecule has 0 aliphatic carbocycles. The predicted molar refractivity (Wildman–Crippen MR) is 67.4 cm³/mol. The van der Waals surface area contributed by atoms with Crippen LogP contribution in [-0.4, -0.2) is 34.0 Å². The van der Waals surface area contributed by atoms with E-state index >= 15 is 0 Å². The molecule has 7 heteroatoms. The fraction of sp³-hybridized carbons (Fsp3) is 0.364. The zero-order valence-corrected chi connectivity index (χ0v) is 10.5. The Labute approximate surface area is 108 Å². The van der Waals surface area contributed by atoms with Crippen molar-refractivity contribution in [3.8, 4) is 0 Å². The summed E-state index contributed by atoms with van der Waals surface area (Å²) in [5.74, 6) is -0.179. The molecule has 1 saturated heterocycles. The van der Waals surface area contributed by atoms with E-state index in [9.17, 15) is 4.79 Å². The van der Waals surface area contributed by atoms with Crippen LogP contribution in [0.3, 0.4) is 0 Å². The largest absolute Gasteiger partial charge is 0.346 e. The molecule has 3 heterocycles. The van der Waals surface area contributed by atoms with Crippen molar-refractivity contribution in [2.45, 2.75) is 12.6 Å². The lowest BCUT2D eigenvalue weighted by molar-refractivity contribution is 0.0946. The Morgan fingerprint density at radius 3 is 3.17 bits per heavy atom. The van der Waals surface area contributed by atoms with Crippen molar-refractivity contribution < 1.29 is 4.79 Å². The number of nitrogens with zero attached hydrogens (tertiary/aromatic N) is 3. The van der Waals surface area contributed by atoms with Crippen molar-refractivity contribution in [3.05, 3.63) is 34.3 Å². The third kappa shape index (κ3) is 2.27. The summed E-state index contributed by atoms with van der Waals surface area (Å²) >= 11 is 1.62. The third-order valence-electron chi connectivity index (χ3n) is 2.88. The Hall–Kier alpha value is -1.73. The van der Waals surface area contributed by atoms with Crippen LogP contribution in [0.1, 0.15) is 21.4 Å². The molecule has 1 amide bonds. The average Bonchev–Trinajstić information content (AvgIpc) is 2.94. The fourth-order valence-corrected chi connectivity index (χ4v) is 2.34. The number of thiophene rings is 1. The molecule has 18 heavy (non-hydrogen) atoms. The van der Waals surface area contributed by atoms with Crippen LogP contribution in [0.25, 0.3) is 0 Å². The first-order chi connectivity index (χ1) is 8.83. The number of hydrogen-bond donors (Lipinski definition) is 2. The Bertz CT molecular complexity index is 531. The van der Waals surface area contributed by atoms with Gasteiger partial charge in [-0.2, -0.15) is 0 Å². The first-order valence-electron chi connectivity index (χ1n) is 5.76. The molecular weight excluding hydrogens is 250 g/mol. The summed E-state index contributed by atoms with van der Waals surface area (Å²) in [6, 6.07) is 4.28. The van der Waals surface area contributed by atoms with Crippen LogP contribution >= 0.6 is 11.3 Å². The van der Waals surface area contributed by atoms with E-state index in [0.717, 1.165) is 18.0 Å². The normalized spacial score (nSPS) is 15.3. The van der Waals surface area contributed by atoms with Gasteiger partial charge >= 0.3 is 0 Å². The van der Waals surface area contributed by atoms with Crippen molar-refractivity contribution in [2.75, 3.05) is 13.1 Å².